The van der Waals surface area contributed by atoms with E-state index in [1.54, 1.807) is 0 Å². The number of nitrogens with one attached hydrogen (secondary N) is 1. The third-order valence-electron chi connectivity index (χ3n) is 3.15. The van der Waals surface area contributed by atoms with Crippen LogP contribution in [0.4, 0.5) is 13.2 Å². The van der Waals surface area contributed by atoms with Gasteiger partial charge in [0.05, 0.1) is 0 Å². The quantitative estimate of drug-likeness (QED) is 0.753. The van der Waals surface area contributed by atoms with Gasteiger partial charge in [-0.1, -0.05) is 13.8 Å². The van der Waals surface area contributed by atoms with Crippen LogP contribution in [0.25, 0.3) is 0 Å². The first kappa shape index (κ1) is 17.7. The zero-order chi connectivity index (χ0) is 16.0. The van der Waals surface area contributed by atoms with Gasteiger partial charge in [-0.25, -0.2) is 0 Å². The smallest absolute Gasteiger partial charge is 0.372 e. The molecule has 1 N–H and O–H groups in total. The highest BCUT2D eigenvalue weighted by molar-refractivity contribution is 5.90. The van der Waals surface area contributed by atoms with Gasteiger partial charge >= 0.3 is 6.18 Å². The van der Waals surface area contributed by atoms with E-state index >= 15 is 0 Å². The standard InChI is InChI=1S/C13H21F3N2O3/c1-9(2)11-12(20)18(6-4-10(19)17-11)5-3-7-21-8-13(14,15)16/h9,11H,3-8H2,1-2H3,(H,17,19). The van der Waals surface area contributed by atoms with Crippen LogP contribution in [0, 0.1) is 5.92 Å². The van der Waals surface area contributed by atoms with Crippen molar-refractivity contribution in [1.29, 1.82) is 0 Å². The Labute approximate surface area is 121 Å². The fourth-order valence-corrected chi connectivity index (χ4v) is 2.07. The summed E-state index contributed by atoms with van der Waals surface area (Å²) in [7, 11) is 0. The lowest BCUT2D eigenvalue weighted by Crippen LogP contribution is -2.48. The number of amides is 2. The highest BCUT2D eigenvalue weighted by atomic mass is 19.4. The molecule has 1 unspecified atom stereocenters. The van der Waals surface area contributed by atoms with E-state index in [4.69, 9.17) is 0 Å². The third kappa shape index (κ3) is 6.33. The number of halogens is 3. The predicted octanol–water partition coefficient (Wildman–Crippen LogP) is 1.33. The molecule has 1 heterocycles. The Morgan fingerprint density at radius 1 is 1.38 bits per heavy atom. The summed E-state index contributed by atoms with van der Waals surface area (Å²) in [6, 6.07) is -0.573. The normalized spacial score (nSPS) is 20.7. The first-order valence-electron chi connectivity index (χ1n) is 6.93. The van der Waals surface area contributed by atoms with Gasteiger partial charge in [0.1, 0.15) is 12.6 Å². The Morgan fingerprint density at radius 2 is 2.05 bits per heavy atom. The van der Waals surface area contributed by atoms with E-state index in [0.29, 0.717) is 6.42 Å². The van der Waals surface area contributed by atoms with E-state index < -0.39 is 18.8 Å². The molecule has 0 radical (unpaired) electrons. The Hall–Kier alpha value is -1.31. The van der Waals surface area contributed by atoms with E-state index in [-0.39, 0.29) is 43.8 Å². The van der Waals surface area contributed by atoms with Crippen LogP contribution in [0.3, 0.4) is 0 Å². The maximum atomic E-state index is 12.2. The molecule has 1 rings (SSSR count). The van der Waals surface area contributed by atoms with Crippen LogP contribution in [0.1, 0.15) is 26.7 Å². The molecule has 2 amide bonds. The number of hydrogen-bond acceptors (Lipinski definition) is 3. The number of carbonyl (C=O) groups excluding carboxylic acids is 2. The molecular formula is C13H21F3N2O3. The van der Waals surface area contributed by atoms with Gasteiger partial charge in [0.15, 0.2) is 0 Å². The molecule has 1 atom stereocenters. The van der Waals surface area contributed by atoms with E-state index in [1.807, 2.05) is 13.8 Å². The van der Waals surface area contributed by atoms with Crippen molar-refractivity contribution in [1.82, 2.24) is 10.2 Å². The van der Waals surface area contributed by atoms with Gasteiger partial charge in [-0.2, -0.15) is 13.2 Å². The Kier molecular flexibility index (Phi) is 6.44. The largest absolute Gasteiger partial charge is 0.411 e. The molecule has 122 valence electrons. The zero-order valence-corrected chi connectivity index (χ0v) is 12.2. The van der Waals surface area contributed by atoms with E-state index in [1.165, 1.54) is 4.90 Å². The van der Waals surface area contributed by atoms with Gasteiger partial charge in [-0.3, -0.25) is 9.59 Å². The van der Waals surface area contributed by atoms with Gasteiger partial charge in [0.2, 0.25) is 11.8 Å². The molecule has 0 aromatic rings. The van der Waals surface area contributed by atoms with Crippen molar-refractivity contribution in [3.8, 4) is 0 Å². The van der Waals surface area contributed by atoms with Crippen molar-refractivity contribution in [3.63, 3.8) is 0 Å². The molecule has 1 aliphatic heterocycles. The first-order chi connectivity index (χ1) is 9.70. The maximum absolute atomic E-state index is 12.2. The van der Waals surface area contributed by atoms with Gasteiger partial charge in [0, 0.05) is 26.1 Å². The topological polar surface area (TPSA) is 58.6 Å². The van der Waals surface area contributed by atoms with Gasteiger partial charge < -0.3 is 15.0 Å². The summed E-state index contributed by atoms with van der Waals surface area (Å²) in [5.74, 6) is -0.409. The number of nitrogens with zero attached hydrogens (tertiary/aromatic N) is 1. The fourth-order valence-electron chi connectivity index (χ4n) is 2.07. The van der Waals surface area contributed by atoms with Crippen molar-refractivity contribution in [2.75, 3.05) is 26.3 Å². The molecule has 0 spiro atoms. The molecule has 1 fully saturated rings. The minimum Gasteiger partial charge on any atom is -0.372 e. The summed E-state index contributed by atoms with van der Waals surface area (Å²) in [5.41, 5.74) is 0. The lowest BCUT2D eigenvalue weighted by molar-refractivity contribution is -0.174. The third-order valence-corrected chi connectivity index (χ3v) is 3.15. The van der Waals surface area contributed by atoms with E-state index in [0.717, 1.165) is 0 Å². The Morgan fingerprint density at radius 3 is 2.62 bits per heavy atom. The number of rotatable bonds is 6. The van der Waals surface area contributed by atoms with Gasteiger partial charge in [-0.05, 0) is 12.3 Å². The molecule has 0 saturated carbocycles. The Balaban J connectivity index is 2.42. The van der Waals surface area contributed by atoms with E-state index in [9.17, 15) is 22.8 Å². The molecule has 5 nitrogen and oxygen atoms in total. The highest BCUT2D eigenvalue weighted by Crippen LogP contribution is 2.15. The molecular weight excluding hydrogens is 289 g/mol. The summed E-state index contributed by atoms with van der Waals surface area (Å²) in [4.78, 5) is 25.3. The van der Waals surface area contributed by atoms with Crippen LogP contribution in [0.15, 0.2) is 0 Å². The number of ether oxygens (including phenoxy) is 1. The van der Waals surface area contributed by atoms with Crippen molar-refractivity contribution < 1.29 is 27.5 Å². The maximum Gasteiger partial charge on any atom is 0.411 e. The fraction of sp³-hybridized carbons (Fsp3) is 0.846. The van der Waals surface area contributed by atoms with Crippen LogP contribution in [-0.4, -0.2) is 55.2 Å². The first-order valence-corrected chi connectivity index (χ1v) is 6.93. The molecule has 0 aromatic heterocycles. The molecule has 8 heteroatoms. The van der Waals surface area contributed by atoms with Gasteiger partial charge in [-0.15, -0.1) is 0 Å². The summed E-state index contributed by atoms with van der Waals surface area (Å²) in [5, 5.41) is 2.67. The zero-order valence-electron chi connectivity index (χ0n) is 12.2. The highest BCUT2D eigenvalue weighted by Gasteiger charge is 2.31. The minimum absolute atomic E-state index is 0.0384. The lowest BCUT2D eigenvalue weighted by atomic mass is 10.0. The average Bonchev–Trinajstić information content (AvgIpc) is 2.49. The molecule has 0 aromatic carbocycles. The second kappa shape index (κ2) is 7.63. The van der Waals surface area contributed by atoms with Crippen LogP contribution in [0.2, 0.25) is 0 Å². The van der Waals surface area contributed by atoms with Gasteiger partial charge in [0.25, 0.3) is 0 Å². The predicted molar refractivity (Wildman–Crippen MR) is 69.5 cm³/mol. The number of alkyl halides is 3. The number of hydrogen-bond donors (Lipinski definition) is 1. The van der Waals surface area contributed by atoms with Crippen LogP contribution in [-0.2, 0) is 14.3 Å². The molecule has 1 aliphatic rings. The monoisotopic (exact) mass is 310 g/mol. The summed E-state index contributed by atoms with van der Waals surface area (Å²) >= 11 is 0. The molecule has 0 bridgehead atoms. The summed E-state index contributed by atoms with van der Waals surface area (Å²) in [6.07, 6.45) is -3.82. The summed E-state index contributed by atoms with van der Waals surface area (Å²) < 4.78 is 40.2. The van der Waals surface area contributed by atoms with Crippen molar-refractivity contribution in [2.45, 2.75) is 38.9 Å². The molecule has 0 aliphatic carbocycles. The molecule has 21 heavy (non-hydrogen) atoms. The van der Waals surface area contributed by atoms with Crippen LogP contribution < -0.4 is 5.32 Å². The Bertz CT molecular complexity index is 372. The second-order valence-corrected chi connectivity index (χ2v) is 5.39. The van der Waals surface area contributed by atoms with Crippen molar-refractivity contribution >= 4 is 11.8 Å². The van der Waals surface area contributed by atoms with E-state index in [2.05, 4.69) is 10.1 Å². The average molecular weight is 310 g/mol. The minimum atomic E-state index is -4.34. The van der Waals surface area contributed by atoms with Crippen molar-refractivity contribution in [3.05, 3.63) is 0 Å². The molecule has 1 saturated heterocycles. The lowest BCUT2D eigenvalue weighted by Gasteiger charge is -2.26. The van der Waals surface area contributed by atoms with Crippen molar-refractivity contribution in [2.24, 2.45) is 5.92 Å². The second-order valence-electron chi connectivity index (χ2n) is 5.39. The number of carbonyl (C=O) groups is 2. The SMILES string of the molecule is CC(C)C1NC(=O)CCN(CCCOCC(F)(F)F)C1=O. The van der Waals surface area contributed by atoms with Crippen LogP contribution >= 0.6 is 0 Å². The van der Waals surface area contributed by atoms with Crippen LogP contribution in [0.5, 0.6) is 0 Å². The summed E-state index contributed by atoms with van der Waals surface area (Å²) in [6.45, 7) is 2.88.